The zero-order valence-corrected chi connectivity index (χ0v) is 18.6. The molecule has 3 aromatic heterocycles. The smallest absolute Gasteiger partial charge is 0.128 e. The fraction of sp³-hybridized carbons (Fsp3) is 0. The predicted molar refractivity (Wildman–Crippen MR) is 137 cm³/mol. The minimum absolute atomic E-state index is 0.439. The third-order valence-electron chi connectivity index (χ3n) is 6.28. The van der Waals surface area contributed by atoms with Gasteiger partial charge in [-0.15, -0.1) is 11.3 Å². The molecule has 0 aliphatic carbocycles. The van der Waals surface area contributed by atoms with Crippen LogP contribution in [0.25, 0.3) is 59.1 Å². The number of aromatic nitrogens is 2. The molecule has 5 heteroatoms. The van der Waals surface area contributed by atoms with Crippen molar-refractivity contribution < 1.29 is 8.78 Å². The number of thiophene rings is 1. The van der Waals surface area contributed by atoms with Gasteiger partial charge in [0.1, 0.15) is 11.6 Å². The highest BCUT2D eigenvalue weighted by atomic mass is 32.1. The Bertz CT molecular complexity index is 1860. The average molecular weight is 463 g/mol. The van der Waals surface area contributed by atoms with Crippen LogP contribution in [0.2, 0.25) is 0 Å². The van der Waals surface area contributed by atoms with Crippen LogP contribution in [0.3, 0.4) is 0 Å². The molecule has 0 bridgehead atoms. The number of rotatable bonds is 2. The lowest BCUT2D eigenvalue weighted by atomic mass is 10.1. The average Bonchev–Trinajstić information content (AvgIpc) is 3.39. The van der Waals surface area contributed by atoms with E-state index in [-0.39, 0.29) is 0 Å². The first-order valence-corrected chi connectivity index (χ1v) is 11.8. The van der Waals surface area contributed by atoms with Crippen LogP contribution in [0.1, 0.15) is 0 Å². The Balaban J connectivity index is 1.69. The minimum atomic E-state index is -0.610. The lowest BCUT2D eigenvalue weighted by molar-refractivity contribution is 0.582. The van der Waals surface area contributed by atoms with E-state index in [1.54, 1.807) is 11.3 Å². The summed E-state index contributed by atoms with van der Waals surface area (Å²) in [6.07, 6.45) is 0. The Morgan fingerprint density at radius 2 is 1.44 bits per heavy atom. The van der Waals surface area contributed by atoms with Gasteiger partial charge in [-0.05, 0) is 42.5 Å². The van der Waals surface area contributed by atoms with Crippen LogP contribution in [-0.2, 0) is 0 Å². The van der Waals surface area contributed by atoms with Gasteiger partial charge in [0.25, 0.3) is 0 Å². The Morgan fingerprint density at radius 1 is 0.676 bits per heavy atom. The minimum Gasteiger partial charge on any atom is -0.307 e. The largest absolute Gasteiger partial charge is 0.307 e. The first kappa shape index (κ1) is 19.4. The number of halogens is 2. The summed E-state index contributed by atoms with van der Waals surface area (Å²) in [7, 11) is 0. The summed E-state index contributed by atoms with van der Waals surface area (Å²) in [4.78, 5) is 5.03. The van der Waals surface area contributed by atoms with E-state index in [1.165, 1.54) is 16.8 Å². The topological polar surface area (TPSA) is 17.8 Å². The molecule has 0 fully saturated rings. The van der Waals surface area contributed by atoms with Crippen LogP contribution in [0.4, 0.5) is 8.78 Å². The van der Waals surface area contributed by atoms with Gasteiger partial charge in [0.15, 0.2) is 0 Å². The number of hydrogen-bond acceptors (Lipinski definition) is 2. The van der Waals surface area contributed by atoms with Gasteiger partial charge in [0, 0.05) is 37.2 Å². The van der Waals surface area contributed by atoms with E-state index in [1.807, 2.05) is 59.2 Å². The molecule has 162 valence electrons. The molecule has 3 heterocycles. The van der Waals surface area contributed by atoms with E-state index >= 15 is 0 Å². The van der Waals surface area contributed by atoms with Crippen LogP contribution in [0.15, 0.2) is 97.1 Å². The quantitative estimate of drug-likeness (QED) is 0.252. The second kappa shape index (κ2) is 7.20. The molecular weight excluding hydrogens is 446 g/mol. The molecule has 0 unspecified atom stereocenters. The van der Waals surface area contributed by atoms with Crippen molar-refractivity contribution in [1.82, 2.24) is 9.55 Å². The maximum Gasteiger partial charge on any atom is 0.128 e. The van der Waals surface area contributed by atoms with Crippen LogP contribution < -0.4 is 0 Å². The van der Waals surface area contributed by atoms with E-state index in [0.717, 1.165) is 54.7 Å². The monoisotopic (exact) mass is 462 g/mol. The first-order valence-electron chi connectivity index (χ1n) is 10.9. The Labute approximate surface area is 197 Å². The normalized spacial score (nSPS) is 11.8. The van der Waals surface area contributed by atoms with Crippen molar-refractivity contribution in [3.8, 4) is 16.9 Å². The molecular formula is C29H16F2N2S. The molecule has 0 atom stereocenters. The summed E-state index contributed by atoms with van der Waals surface area (Å²) in [5.41, 5.74) is 4.83. The predicted octanol–water partition coefficient (Wildman–Crippen LogP) is 8.49. The SMILES string of the molecule is Fc1cc(F)cc(-n2c3ccc(-c4ccccc4)nc3c3ccc4sc5ccccc5c4c32)c1. The van der Waals surface area contributed by atoms with Gasteiger partial charge in [0.2, 0.25) is 0 Å². The third-order valence-corrected chi connectivity index (χ3v) is 7.42. The Morgan fingerprint density at radius 3 is 2.26 bits per heavy atom. The fourth-order valence-electron chi connectivity index (χ4n) is 4.88. The maximum absolute atomic E-state index is 14.3. The van der Waals surface area contributed by atoms with E-state index < -0.39 is 11.6 Å². The Kier molecular flexibility index (Phi) is 4.11. The van der Waals surface area contributed by atoms with Crippen molar-refractivity contribution in [2.24, 2.45) is 0 Å². The van der Waals surface area contributed by atoms with E-state index in [2.05, 4.69) is 24.3 Å². The van der Waals surface area contributed by atoms with Gasteiger partial charge >= 0.3 is 0 Å². The van der Waals surface area contributed by atoms with E-state index in [9.17, 15) is 8.78 Å². The summed E-state index contributed by atoms with van der Waals surface area (Å²) in [5.74, 6) is -1.22. The first-order chi connectivity index (χ1) is 16.7. The zero-order valence-electron chi connectivity index (χ0n) is 17.8. The molecule has 0 aliphatic rings. The molecule has 0 radical (unpaired) electrons. The molecule has 0 saturated carbocycles. The molecule has 0 spiro atoms. The number of pyridine rings is 1. The van der Waals surface area contributed by atoms with Gasteiger partial charge in [-0.25, -0.2) is 13.8 Å². The van der Waals surface area contributed by atoms with Crippen molar-refractivity contribution in [3.63, 3.8) is 0 Å². The van der Waals surface area contributed by atoms with Crippen LogP contribution in [0, 0.1) is 11.6 Å². The number of fused-ring (bicyclic) bond motifs is 7. The lowest BCUT2D eigenvalue weighted by Gasteiger charge is -2.09. The molecule has 34 heavy (non-hydrogen) atoms. The molecule has 0 saturated heterocycles. The van der Waals surface area contributed by atoms with Crippen molar-refractivity contribution in [2.75, 3.05) is 0 Å². The second-order valence-electron chi connectivity index (χ2n) is 8.33. The van der Waals surface area contributed by atoms with Crippen LogP contribution in [0.5, 0.6) is 0 Å². The standard InChI is InChI=1S/C29H16F2N2S/c30-18-14-19(31)16-20(15-18)33-24-12-11-23(17-6-2-1-3-7-17)32-28(24)22-10-13-26-27(29(22)33)21-8-4-5-9-25(21)34-26/h1-16H. The molecule has 0 N–H and O–H groups in total. The van der Waals surface area contributed by atoms with Crippen molar-refractivity contribution in [2.45, 2.75) is 0 Å². The Hall–Kier alpha value is -4.09. The third kappa shape index (κ3) is 2.80. The molecule has 7 rings (SSSR count). The van der Waals surface area contributed by atoms with Crippen molar-refractivity contribution in [3.05, 3.63) is 109 Å². The molecule has 4 aromatic carbocycles. The summed E-state index contributed by atoms with van der Waals surface area (Å²) in [6, 6.07) is 30.1. The number of hydrogen-bond donors (Lipinski definition) is 0. The van der Waals surface area contributed by atoms with Crippen molar-refractivity contribution >= 4 is 53.4 Å². The summed E-state index contributed by atoms with van der Waals surface area (Å²) in [6.45, 7) is 0. The maximum atomic E-state index is 14.3. The van der Waals surface area contributed by atoms with Crippen molar-refractivity contribution in [1.29, 1.82) is 0 Å². The van der Waals surface area contributed by atoms with Gasteiger partial charge in [-0.2, -0.15) is 0 Å². The van der Waals surface area contributed by atoms with Gasteiger partial charge in [-0.1, -0.05) is 48.5 Å². The highest BCUT2D eigenvalue weighted by molar-refractivity contribution is 7.26. The molecule has 7 aromatic rings. The van der Waals surface area contributed by atoms with Crippen LogP contribution >= 0.6 is 11.3 Å². The molecule has 0 aliphatic heterocycles. The molecule has 2 nitrogen and oxygen atoms in total. The van der Waals surface area contributed by atoms with Gasteiger partial charge < -0.3 is 4.57 Å². The highest BCUT2D eigenvalue weighted by Crippen LogP contribution is 2.43. The summed E-state index contributed by atoms with van der Waals surface area (Å²) < 4.78 is 32.9. The van der Waals surface area contributed by atoms with Gasteiger partial charge in [-0.3, -0.25) is 0 Å². The van der Waals surface area contributed by atoms with Gasteiger partial charge in [0.05, 0.1) is 27.9 Å². The van der Waals surface area contributed by atoms with E-state index in [4.69, 9.17) is 4.98 Å². The zero-order chi connectivity index (χ0) is 22.8. The number of benzene rings is 4. The van der Waals surface area contributed by atoms with Crippen LogP contribution in [-0.4, -0.2) is 9.55 Å². The molecule has 0 amide bonds. The summed E-state index contributed by atoms with van der Waals surface area (Å²) in [5, 5.41) is 3.15. The summed E-state index contributed by atoms with van der Waals surface area (Å²) >= 11 is 1.71. The highest BCUT2D eigenvalue weighted by Gasteiger charge is 2.20. The number of nitrogens with zero attached hydrogens (tertiary/aromatic N) is 2. The second-order valence-corrected chi connectivity index (χ2v) is 9.41. The lowest BCUT2D eigenvalue weighted by Crippen LogP contribution is -1.97. The fourth-order valence-corrected chi connectivity index (χ4v) is 5.99. The van der Waals surface area contributed by atoms with E-state index in [0.29, 0.717) is 5.69 Å².